The zero-order valence-corrected chi connectivity index (χ0v) is 11.8. The molecule has 0 bridgehead atoms. The number of nitrogens with zero attached hydrogens (tertiary/aromatic N) is 2. The van der Waals surface area contributed by atoms with Gasteiger partial charge in [0.2, 0.25) is 0 Å². The highest BCUT2D eigenvalue weighted by atomic mass is 35.5. The van der Waals surface area contributed by atoms with Crippen LogP contribution in [0, 0.1) is 19.7 Å². The highest BCUT2D eigenvalue weighted by Gasteiger charge is 2.10. The summed E-state index contributed by atoms with van der Waals surface area (Å²) in [5.74, 6) is 1.02. The molecule has 0 radical (unpaired) electrons. The van der Waals surface area contributed by atoms with Crippen molar-refractivity contribution in [3.63, 3.8) is 0 Å². The monoisotopic (exact) mass is 279 g/mol. The van der Waals surface area contributed by atoms with Gasteiger partial charge in [-0.25, -0.2) is 14.4 Å². The third kappa shape index (κ3) is 2.84. The summed E-state index contributed by atoms with van der Waals surface area (Å²) in [6.07, 6.45) is 0.691. The number of hydrogen-bond acceptors (Lipinski definition) is 3. The van der Waals surface area contributed by atoms with Gasteiger partial charge in [0.05, 0.1) is 0 Å². The van der Waals surface area contributed by atoms with Crippen molar-refractivity contribution in [2.45, 2.75) is 27.2 Å². The molecule has 1 aromatic heterocycles. The van der Waals surface area contributed by atoms with Crippen molar-refractivity contribution in [1.82, 2.24) is 9.97 Å². The molecule has 2 rings (SSSR count). The van der Waals surface area contributed by atoms with Gasteiger partial charge in [0.1, 0.15) is 22.6 Å². The predicted octanol–water partition coefficient (Wildman–Crippen LogP) is 4.19. The molecule has 0 aliphatic carbocycles. The van der Waals surface area contributed by atoms with Crippen molar-refractivity contribution < 1.29 is 4.39 Å². The summed E-state index contributed by atoms with van der Waals surface area (Å²) >= 11 is 6.07. The zero-order valence-electron chi connectivity index (χ0n) is 11.1. The number of aromatic nitrogens is 2. The molecule has 1 N–H and O–H groups in total. The van der Waals surface area contributed by atoms with Gasteiger partial charge < -0.3 is 5.32 Å². The molecule has 0 amide bonds. The molecule has 0 atom stereocenters. The smallest absolute Gasteiger partial charge is 0.138 e. The number of benzene rings is 1. The summed E-state index contributed by atoms with van der Waals surface area (Å²) < 4.78 is 13.5. The van der Waals surface area contributed by atoms with E-state index in [4.69, 9.17) is 11.6 Å². The first-order chi connectivity index (χ1) is 9.02. The number of rotatable bonds is 3. The molecule has 1 aromatic carbocycles. The number of halogens is 2. The maximum Gasteiger partial charge on any atom is 0.138 e. The first kappa shape index (κ1) is 13.7. The molecule has 19 heavy (non-hydrogen) atoms. The fraction of sp³-hybridized carbons (Fsp3) is 0.286. The maximum absolute atomic E-state index is 13.5. The van der Waals surface area contributed by atoms with Crippen molar-refractivity contribution in [2.75, 3.05) is 5.32 Å². The Hall–Kier alpha value is -1.68. The van der Waals surface area contributed by atoms with Gasteiger partial charge in [-0.15, -0.1) is 0 Å². The Labute approximate surface area is 116 Å². The highest BCUT2D eigenvalue weighted by molar-refractivity contribution is 6.30. The standard InChI is InChI=1S/C14H15ClFN3/c1-4-12-18-13(15)9(3)14(19-12)17-11-7-5-6-10(16)8(11)2/h5-7H,4H2,1-3H3,(H,17,18,19). The van der Waals surface area contributed by atoms with Gasteiger partial charge in [0.15, 0.2) is 0 Å². The van der Waals surface area contributed by atoms with Crippen LogP contribution >= 0.6 is 11.6 Å². The van der Waals surface area contributed by atoms with E-state index in [0.29, 0.717) is 34.5 Å². The van der Waals surface area contributed by atoms with E-state index in [1.165, 1.54) is 6.07 Å². The van der Waals surface area contributed by atoms with Crippen LogP contribution in [0.25, 0.3) is 0 Å². The fourth-order valence-electron chi connectivity index (χ4n) is 1.68. The molecule has 0 aliphatic rings. The summed E-state index contributed by atoms with van der Waals surface area (Å²) in [5.41, 5.74) is 1.98. The summed E-state index contributed by atoms with van der Waals surface area (Å²) in [6, 6.07) is 4.89. The van der Waals surface area contributed by atoms with E-state index < -0.39 is 0 Å². The lowest BCUT2D eigenvalue weighted by Crippen LogP contribution is -2.04. The van der Waals surface area contributed by atoms with Crippen LogP contribution in [0.5, 0.6) is 0 Å². The highest BCUT2D eigenvalue weighted by Crippen LogP contribution is 2.26. The van der Waals surface area contributed by atoms with E-state index in [9.17, 15) is 4.39 Å². The molecule has 0 aliphatic heterocycles. The summed E-state index contributed by atoms with van der Waals surface area (Å²) in [7, 11) is 0. The number of nitrogens with one attached hydrogen (secondary N) is 1. The largest absolute Gasteiger partial charge is 0.340 e. The second kappa shape index (κ2) is 5.53. The first-order valence-electron chi connectivity index (χ1n) is 6.08. The minimum absolute atomic E-state index is 0.251. The minimum atomic E-state index is -0.251. The molecule has 0 fully saturated rings. The second-order valence-electron chi connectivity index (χ2n) is 4.30. The lowest BCUT2D eigenvalue weighted by molar-refractivity contribution is 0.619. The van der Waals surface area contributed by atoms with E-state index in [1.54, 1.807) is 19.1 Å². The van der Waals surface area contributed by atoms with Crippen LogP contribution < -0.4 is 5.32 Å². The van der Waals surface area contributed by atoms with Crippen molar-refractivity contribution in [3.8, 4) is 0 Å². The lowest BCUT2D eigenvalue weighted by Gasteiger charge is -2.13. The van der Waals surface area contributed by atoms with Crippen LogP contribution in [0.1, 0.15) is 23.9 Å². The van der Waals surface area contributed by atoms with Gasteiger partial charge in [-0.1, -0.05) is 24.6 Å². The maximum atomic E-state index is 13.5. The van der Waals surface area contributed by atoms with Gasteiger partial charge in [-0.2, -0.15) is 0 Å². The first-order valence-corrected chi connectivity index (χ1v) is 6.46. The quantitative estimate of drug-likeness (QED) is 0.856. The van der Waals surface area contributed by atoms with Crippen LogP contribution in [0.15, 0.2) is 18.2 Å². The van der Waals surface area contributed by atoms with Gasteiger partial charge >= 0.3 is 0 Å². The Balaban J connectivity index is 2.43. The average Bonchev–Trinajstić information content (AvgIpc) is 2.39. The molecule has 1 heterocycles. The van der Waals surface area contributed by atoms with Crippen LogP contribution in [0.2, 0.25) is 5.15 Å². The zero-order chi connectivity index (χ0) is 14.0. The van der Waals surface area contributed by atoms with Gasteiger partial charge in [-0.05, 0) is 26.0 Å². The Morgan fingerprint density at radius 2 is 1.95 bits per heavy atom. The molecule has 0 unspecified atom stereocenters. The van der Waals surface area contributed by atoms with E-state index in [2.05, 4.69) is 15.3 Å². The van der Waals surface area contributed by atoms with Crippen molar-refractivity contribution in [2.24, 2.45) is 0 Å². The van der Waals surface area contributed by atoms with Crippen molar-refractivity contribution >= 4 is 23.1 Å². The van der Waals surface area contributed by atoms with E-state index in [-0.39, 0.29) is 5.82 Å². The molecule has 0 spiro atoms. The number of hydrogen-bond donors (Lipinski definition) is 1. The molecule has 2 aromatic rings. The average molecular weight is 280 g/mol. The molecule has 0 saturated carbocycles. The van der Waals surface area contributed by atoms with E-state index in [0.717, 1.165) is 5.56 Å². The third-order valence-corrected chi connectivity index (χ3v) is 3.34. The van der Waals surface area contributed by atoms with Crippen LogP contribution in [0.3, 0.4) is 0 Å². The lowest BCUT2D eigenvalue weighted by atomic mass is 10.2. The third-order valence-electron chi connectivity index (χ3n) is 2.97. The van der Waals surface area contributed by atoms with Crippen molar-refractivity contribution in [1.29, 1.82) is 0 Å². The Kier molecular flexibility index (Phi) is 4.00. The molecule has 3 nitrogen and oxygen atoms in total. The molecule has 100 valence electrons. The Morgan fingerprint density at radius 1 is 1.21 bits per heavy atom. The normalized spacial score (nSPS) is 10.6. The summed E-state index contributed by atoms with van der Waals surface area (Å²) in [4.78, 5) is 8.56. The fourth-order valence-corrected chi connectivity index (χ4v) is 1.87. The van der Waals surface area contributed by atoms with Crippen molar-refractivity contribution in [3.05, 3.63) is 46.1 Å². The van der Waals surface area contributed by atoms with Crippen LogP contribution in [-0.2, 0) is 6.42 Å². The van der Waals surface area contributed by atoms with Crippen LogP contribution in [0.4, 0.5) is 15.9 Å². The second-order valence-corrected chi connectivity index (χ2v) is 4.65. The molecule has 5 heteroatoms. The van der Waals surface area contributed by atoms with Crippen LogP contribution in [-0.4, -0.2) is 9.97 Å². The Bertz CT molecular complexity index is 614. The van der Waals surface area contributed by atoms with E-state index >= 15 is 0 Å². The predicted molar refractivity (Wildman–Crippen MR) is 75.6 cm³/mol. The summed E-state index contributed by atoms with van der Waals surface area (Å²) in [5, 5.41) is 3.54. The number of aryl methyl sites for hydroxylation is 1. The summed E-state index contributed by atoms with van der Waals surface area (Å²) in [6.45, 7) is 5.51. The van der Waals surface area contributed by atoms with Gasteiger partial charge in [-0.3, -0.25) is 0 Å². The van der Waals surface area contributed by atoms with Gasteiger partial charge in [0.25, 0.3) is 0 Å². The topological polar surface area (TPSA) is 37.8 Å². The molecule has 0 saturated heterocycles. The Morgan fingerprint density at radius 3 is 2.63 bits per heavy atom. The SMILES string of the molecule is CCc1nc(Cl)c(C)c(Nc2cccc(F)c2C)n1. The molecular formula is C14H15ClFN3. The van der Waals surface area contributed by atoms with Gasteiger partial charge in [0, 0.05) is 23.2 Å². The van der Waals surface area contributed by atoms with E-state index in [1.807, 2.05) is 13.8 Å². The number of anilines is 2. The molecular weight excluding hydrogens is 265 g/mol. The minimum Gasteiger partial charge on any atom is -0.340 e.